The van der Waals surface area contributed by atoms with E-state index < -0.39 is 0 Å². The van der Waals surface area contributed by atoms with Crippen LogP contribution in [0.2, 0.25) is 0 Å². The maximum Gasteiger partial charge on any atom is 0.271 e. The fourth-order valence-electron chi connectivity index (χ4n) is 3.26. The van der Waals surface area contributed by atoms with Crippen LogP contribution in [-0.2, 0) is 9.47 Å². The molecule has 2 atom stereocenters. The first-order valence-electron chi connectivity index (χ1n) is 7.75. The van der Waals surface area contributed by atoms with Crippen LogP contribution < -0.4 is 10.9 Å². The predicted molar refractivity (Wildman–Crippen MR) is 78.6 cm³/mol. The molecule has 2 saturated heterocycles. The van der Waals surface area contributed by atoms with Crippen LogP contribution in [-0.4, -0.2) is 48.3 Å². The molecule has 120 valence electrons. The van der Waals surface area contributed by atoms with Gasteiger partial charge in [-0.1, -0.05) is 0 Å². The molecular formula is C15H21N3O4. The van der Waals surface area contributed by atoms with Crippen LogP contribution in [0.5, 0.6) is 0 Å². The van der Waals surface area contributed by atoms with Crippen molar-refractivity contribution in [1.82, 2.24) is 15.3 Å². The second-order valence-electron chi connectivity index (χ2n) is 5.85. The maximum atomic E-state index is 12.3. The van der Waals surface area contributed by atoms with Gasteiger partial charge >= 0.3 is 0 Å². The largest absolute Gasteiger partial charge is 0.381 e. The summed E-state index contributed by atoms with van der Waals surface area (Å²) in [6, 6.07) is 0.0816. The Bertz CT molecular complexity index is 548. The highest BCUT2D eigenvalue weighted by molar-refractivity contribution is 5.92. The van der Waals surface area contributed by atoms with Gasteiger partial charge in [-0.2, -0.15) is 0 Å². The molecule has 7 heteroatoms. The van der Waals surface area contributed by atoms with E-state index in [4.69, 9.17) is 9.47 Å². The Morgan fingerprint density at radius 1 is 1.23 bits per heavy atom. The van der Waals surface area contributed by atoms with Crippen molar-refractivity contribution in [3.63, 3.8) is 0 Å². The number of aromatic amines is 1. The highest BCUT2D eigenvalue weighted by Gasteiger charge is 2.34. The van der Waals surface area contributed by atoms with Crippen molar-refractivity contribution in [2.45, 2.75) is 25.3 Å². The zero-order valence-electron chi connectivity index (χ0n) is 12.4. The summed E-state index contributed by atoms with van der Waals surface area (Å²) in [4.78, 5) is 29.7. The van der Waals surface area contributed by atoms with Crippen molar-refractivity contribution in [1.29, 1.82) is 0 Å². The molecule has 0 radical (unpaired) electrons. The third-order valence-electron chi connectivity index (χ3n) is 4.49. The van der Waals surface area contributed by atoms with Gasteiger partial charge in [-0.05, 0) is 25.2 Å². The highest BCUT2D eigenvalue weighted by Crippen LogP contribution is 2.30. The Hall–Kier alpha value is -1.73. The summed E-state index contributed by atoms with van der Waals surface area (Å²) >= 11 is 0. The average molecular weight is 307 g/mol. The fraction of sp³-hybridized carbons (Fsp3) is 0.667. The van der Waals surface area contributed by atoms with Gasteiger partial charge in [0, 0.05) is 38.0 Å². The van der Waals surface area contributed by atoms with Crippen LogP contribution >= 0.6 is 0 Å². The smallest absolute Gasteiger partial charge is 0.271 e. The molecule has 0 spiro atoms. The fourth-order valence-corrected chi connectivity index (χ4v) is 3.26. The Kier molecular flexibility index (Phi) is 4.84. The summed E-state index contributed by atoms with van der Waals surface area (Å²) in [6.45, 7) is 2.89. The summed E-state index contributed by atoms with van der Waals surface area (Å²) in [7, 11) is 0. The normalized spacial score (nSPS) is 26.5. The Morgan fingerprint density at radius 3 is 2.73 bits per heavy atom. The summed E-state index contributed by atoms with van der Waals surface area (Å²) in [6.07, 6.45) is 5.29. The van der Waals surface area contributed by atoms with E-state index >= 15 is 0 Å². The van der Waals surface area contributed by atoms with E-state index in [0.717, 1.165) is 38.7 Å². The van der Waals surface area contributed by atoms with Crippen molar-refractivity contribution in [2.24, 2.45) is 11.8 Å². The number of ether oxygens (including phenoxy) is 2. The van der Waals surface area contributed by atoms with Crippen LogP contribution in [0, 0.1) is 11.8 Å². The molecule has 0 unspecified atom stereocenters. The Morgan fingerprint density at radius 2 is 2.00 bits per heavy atom. The van der Waals surface area contributed by atoms with Gasteiger partial charge in [-0.25, -0.2) is 4.98 Å². The monoisotopic (exact) mass is 307 g/mol. The van der Waals surface area contributed by atoms with Crippen molar-refractivity contribution in [3.8, 4) is 0 Å². The van der Waals surface area contributed by atoms with E-state index in [0.29, 0.717) is 25.0 Å². The minimum Gasteiger partial charge on any atom is -0.381 e. The van der Waals surface area contributed by atoms with Crippen LogP contribution in [0.25, 0.3) is 0 Å². The number of nitrogens with zero attached hydrogens (tertiary/aromatic N) is 1. The van der Waals surface area contributed by atoms with Gasteiger partial charge in [0.05, 0.1) is 12.8 Å². The lowest BCUT2D eigenvalue weighted by Gasteiger charge is -2.38. The number of aromatic nitrogens is 2. The molecule has 2 aliphatic heterocycles. The molecule has 1 aromatic heterocycles. The lowest BCUT2D eigenvalue weighted by molar-refractivity contribution is -0.0259. The van der Waals surface area contributed by atoms with Gasteiger partial charge in [0.2, 0.25) is 0 Å². The standard InChI is InChI=1S/C15H21N3O4/c19-14-8-16-13(7-17-14)15(20)18-12-3-6-22-9-11(12)10-1-4-21-5-2-10/h7-8,10-12H,1-6,9H2,(H,17,19)(H,18,20)/t11-,12-/m1/s1. The molecule has 22 heavy (non-hydrogen) atoms. The molecule has 2 N–H and O–H groups in total. The lowest BCUT2D eigenvalue weighted by Crippen LogP contribution is -2.49. The van der Waals surface area contributed by atoms with E-state index in [1.54, 1.807) is 0 Å². The Balaban J connectivity index is 1.66. The molecule has 0 aromatic carbocycles. The molecule has 7 nitrogen and oxygen atoms in total. The Labute approximate surface area is 128 Å². The number of carbonyl (C=O) groups excluding carboxylic acids is 1. The van der Waals surface area contributed by atoms with E-state index in [1.165, 1.54) is 6.20 Å². The minimum absolute atomic E-state index is 0.0816. The number of hydrogen-bond acceptors (Lipinski definition) is 5. The number of amides is 1. The SMILES string of the molecule is O=C(N[C@@H]1CCOC[C@@H]1C1CCOCC1)c1c[nH]c(=O)cn1. The number of nitrogens with one attached hydrogen (secondary N) is 2. The first-order chi connectivity index (χ1) is 10.7. The van der Waals surface area contributed by atoms with E-state index in [1.807, 2.05) is 0 Å². The van der Waals surface area contributed by atoms with Gasteiger partial charge < -0.3 is 19.8 Å². The van der Waals surface area contributed by atoms with Gasteiger partial charge in [-0.3, -0.25) is 9.59 Å². The number of H-pyrrole nitrogens is 1. The molecule has 2 fully saturated rings. The summed E-state index contributed by atoms with van der Waals surface area (Å²) in [5, 5.41) is 3.06. The first-order valence-corrected chi connectivity index (χ1v) is 7.75. The molecule has 3 rings (SSSR count). The highest BCUT2D eigenvalue weighted by atomic mass is 16.5. The van der Waals surface area contributed by atoms with Gasteiger partial charge in [-0.15, -0.1) is 0 Å². The molecule has 3 heterocycles. The molecule has 0 bridgehead atoms. The summed E-state index contributed by atoms with van der Waals surface area (Å²) in [5.74, 6) is 0.576. The number of carbonyl (C=O) groups is 1. The van der Waals surface area contributed by atoms with Crippen molar-refractivity contribution < 1.29 is 14.3 Å². The molecule has 1 aromatic rings. The van der Waals surface area contributed by atoms with Crippen LogP contribution in [0.4, 0.5) is 0 Å². The minimum atomic E-state index is -0.317. The first kappa shape index (κ1) is 15.2. The van der Waals surface area contributed by atoms with E-state index in [9.17, 15) is 9.59 Å². The third kappa shape index (κ3) is 3.53. The van der Waals surface area contributed by atoms with Crippen molar-refractivity contribution >= 4 is 5.91 Å². The van der Waals surface area contributed by atoms with Crippen LogP contribution in [0.15, 0.2) is 17.2 Å². The molecule has 0 aliphatic carbocycles. The molecular weight excluding hydrogens is 286 g/mol. The zero-order chi connectivity index (χ0) is 15.4. The molecule has 1 amide bonds. The van der Waals surface area contributed by atoms with Crippen LogP contribution in [0.1, 0.15) is 29.8 Å². The summed E-state index contributed by atoms with van der Waals surface area (Å²) in [5.41, 5.74) is -0.0838. The van der Waals surface area contributed by atoms with E-state index in [2.05, 4.69) is 15.3 Å². The predicted octanol–water partition coefficient (Wildman–Crippen LogP) is 0.331. The number of hydrogen-bond donors (Lipinski definition) is 2. The quantitative estimate of drug-likeness (QED) is 0.839. The zero-order valence-corrected chi connectivity index (χ0v) is 12.4. The third-order valence-corrected chi connectivity index (χ3v) is 4.49. The lowest BCUT2D eigenvalue weighted by atomic mass is 9.79. The topological polar surface area (TPSA) is 93.3 Å². The second kappa shape index (κ2) is 7.02. The van der Waals surface area contributed by atoms with Gasteiger partial charge in [0.15, 0.2) is 0 Å². The average Bonchev–Trinajstić information content (AvgIpc) is 2.57. The number of rotatable bonds is 3. The van der Waals surface area contributed by atoms with Crippen molar-refractivity contribution in [3.05, 3.63) is 28.4 Å². The van der Waals surface area contributed by atoms with Crippen molar-refractivity contribution in [2.75, 3.05) is 26.4 Å². The molecule has 0 saturated carbocycles. The van der Waals surface area contributed by atoms with Crippen LogP contribution in [0.3, 0.4) is 0 Å². The second-order valence-corrected chi connectivity index (χ2v) is 5.85. The molecule has 2 aliphatic rings. The van der Waals surface area contributed by atoms with Gasteiger partial charge in [0.25, 0.3) is 11.5 Å². The van der Waals surface area contributed by atoms with Gasteiger partial charge in [0.1, 0.15) is 5.69 Å². The summed E-state index contributed by atoms with van der Waals surface area (Å²) < 4.78 is 11.0. The maximum absolute atomic E-state index is 12.3. The van der Waals surface area contributed by atoms with E-state index in [-0.39, 0.29) is 23.2 Å².